The summed E-state index contributed by atoms with van der Waals surface area (Å²) >= 11 is 0. The fraction of sp³-hybridized carbons (Fsp3) is 0.125. The van der Waals surface area contributed by atoms with E-state index in [0.29, 0.717) is 29.2 Å². The van der Waals surface area contributed by atoms with Crippen LogP contribution in [0.1, 0.15) is 32.0 Å². The summed E-state index contributed by atoms with van der Waals surface area (Å²) in [5, 5.41) is 5.36. The van der Waals surface area contributed by atoms with E-state index < -0.39 is 0 Å². The normalized spacial score (nSPS) is 10.6. The summed E-state index contributed by atoms with van der Waals surface area (Å²) < 4.78 is 7.79. The van der Waals surface area contributed by atoms with Gasteiger partial charge in [0, 0.05) is 36.3 Å². The Morgan fingerprint density at radius 2 is 1.81 bits per heavy atom. The molecule has 0 fully saturated rings. The number of nitrogens with one attached hydrogen (secondary N) is 2. The number of imidazole rings is 1. The summed E-state index contributed by atoms with van der Waals surface area (Å²) in [7, 11) is 1.56. The molecule has 0 atom stereocenters. The van der Waals surface area contributed by atoms with Crippen LogP contribution >= 0.6 is 0 Å². The Morgan fingerprint density at radius 3 is 2.55 bits per heavy atom. The third-order valence-corrected chi connectivity index (χ3v) is 4.84. The summed E-state index contributed by atoms with van der Waals surface area (Å²) in [6, 6.07) is 17.7. The van der Waals surface area contributed by atoms with Gasteiger partial charge in [-0.05, 0) is 61.0 Å². The molecule has 0 spiro atoms. The number of carbonyl (C=O) groups excluding carboxylic acids is 2. The van der Waals surface area contributed by atoms with Crippen LogP contribution in [0.5, 0.6) is 5.75 Å². The average Bonchev–Trinajstić information content (AvgIpc) is 3.22. The zero-order valence-corrected chi connectivity index (χ0v) is 17.3. The van der Waals surface area contributed by atoms with Crippen molar-refractivity contribution in [2.75, 3.05) is 12.4 Å². The average molecular weight is 414 g/mol. The number of carbonyl (C=O) groups is 2. The molecule has 2 amide bonds. The van der Waals surface area contributed by atoms with E-state index in [-0.39, 0.29) is 11.8 Å². The van der Waals surface area contributed by atoms with Gasteiger partial charge in [-0.15, -0.1) is 0 Å². The van der Waals surface area contributed by atoms with Gasteiger partial charge < -0.3 is 19.8 Å². The van der Waals surface area contributed by atoms with E-state index in [9.17, 15) is 9.59 Å². The summed E-state index contributed by atoms with van der Waals surface area (Å²) in [6.45, 7) is 2.35. The third kappa shape index (κ3) is 4.56. The highest BCUT2D eigenvalue weighted by Gasteiger charge is 2.09. The Kier molecular flexibility index (Phi) is 5.66. The van der Waals surface area contributed by atoms with Crippen LogP contribution in [0.25, 0.3) is 5.65 Å². The van der Waals surface area contributed by atoms with Crippen molar-refractivity contribution in [2.24, 2.45) is 0 Å². The van der Waals surface area contributed by atoms with Crippen molar-refractivity contribution in [1.82, 2.24) is 14.7 Å². The van der Waals surface area contributed by atoms with Gasteiger partial charge in [0.05, 0.1) is 5.69 Å². The first-order valence-corrected chi connectivity index (χ1v) is 9.83. The molecule has 7 heteroatoms. The standard InChI is InChI=1S/C24H22N4O3/c1-16-5-4-12-28-14-20(26-22(16)28)15-31-21-10-8-17(9-11-21)24(30)27-19-7-3-6-18(13-19)23(29)25-2/h3-14H,15H2,1-2H3,(H,25,29)(H,27,30). The number of benzene rings is 2. The molecule has 0 aliphatic heterocycles. The molecule has 2 aromatic heterocycles. The zero-order chi connectivity index (χ0) is 21.8. The van der Waals surface area contributed by atoms with Crippen molar-refractivity contribution in [3.63, 3.8) is 0 Å². The van der Waals surface area contributed by atoms with Crippen molar-refractivity contribution in [1.29, 1.82) is 0 Å². The lowest BCUT2D eigenvalue weighted by Crippen LogP contribution is -2.18. The van der Waals surface area contributed by atoms with Gasteiger partial charge in [0.2, 0.25) is 0 Å². The number of hydrogen-bond donors (Lipinski definition) is 2. The molecule has 2 N–H and O–H groups in total. The van der Waals surface area contributed by atoms with Crippen LogP contribution in [0.2, 0.25) is 0 Å². The molecule has 0 bridgehead atoms. The third-order valence-electron chi connectivity index (χ3n) is 4.84. The van der Waals surface area contributed by atoms with Crippen LogP contribution in [0.4, 0.5) is 5.69 Å². The highest BCUT2D eigenvalue weighted by molar-refractivity contribution is 6.05. The van der Waals surface area contributed by atoms with E-state index in [1.165, 1.54) is 0 Å². The van der Waals surface area contributed by atoms with E-state index in [0.717, 1.165) is 16.9 Å². The van der Waals surface area contributed by atoms with Crippen molar-refractivity contribution in [3.8, 4) is 5.75 Å². The number of pyridine rings is 1. The maximum Gasteiger partial charge on any atom is 0.255 e. The van der Waals surface area contributed by atoms with Gasteiger partial charge in [0.1, 0.15) is 18.0 Å². The number of rotatable bonds is 6. The summed E-state index contributed by atoms with van der Waals surface area (Å²) in [5.74, 6) is 0.168. The fourth-order valence-electron chi connectivity index (χ4n) is 3.22. The van der Waals surface area contributed by atoms with Crippen LogP contribution in [-0.4, -0.2) is 28.2 Å². The first-order valence-electron chi connectivity index (χ1n) is 9.83. The second kappa shape index (κ2) is 8.71. The van der Waals surface area contributed by atoms with Crippen molar-refractivity contribution >= 4 is 23.1 Å². The van der Waals surface area contributed by atoms with Gasteiger partial charge >= 0.3 is 0 Å². The highest BCUT2D eigenvalue weighted by atomic mass is 16.5. The van der Waals surface area contributed by atoms with E-state index in [1.54, 1.807) is 55.6 Å². The number of ether oxygens (including phenoxy) is 1. The topological polar surface area (TPSA) is 84.7 Å². The molecule has 0 saturated carbocycles. The Balaban J connectivity index is 1.39. The van der Waals surface area contributed by atoms with Gasteiger partial charge in [-0.25, -0.2) is 4.98 Å². The second-order valence-electron chi connectivity index (χ2n) is 7.08. The van der Waals surface area contributed by atoms with E-state index in [2.05, 4.69) is 15.6 Å². The van der Waals surface area contributed by atoms with Crippen LogP contribution in [0.3, 0.4) is 0 Å². The monoisotopic (exact) mass is 414 g/mol. The fourth-order valence-corrected chi connectivity index (χ4v) is 3.22. The Bertz CT molecular complexity index is 1250. The zero-order valence-electron chi connectivity index (χ0n) is 17.3. The van der Waals surface area contributed by atoms with Gasteiger partial charge in [0.25, 0.3) is 11.8 Å². The first-order chi connectivity index (χ1) is 15.0. The maximum atomic E-state index is 12.5. The summed E-state index contributed by atoms with van der Waals surface area (Å²) in [6.07, 6.45) is 3.90. The molecule has 2 aromatic carbocycles. The molecule has 2 heterocycles. The maximum absolute atomic E-state index is 12.5. The Hall–Kier alpha value is -4.13. The number of hydrogen-bond acceptors (Lipinski definition) is 4. The lowest BCUT2D eigenvalue weighted by atomic mass is 10.1. The molecular weight excluding hydrogens is 392 g/mol. The largest absolute Gasteiger partial charge is 0.487 e. The number of nitrogens with zero attached hydrogens (tertiary/aromatic N) is 2. The number of anilines is 1. The van der Waals surface area contributed by atoms with Crippen molar-refractivity contribution in [2.45, 2.75) is 13.5 Å². The Labute approximate surface area is 179 Å². The molecule has 0 unspecified atom stereocenters. The Morgan fingerprint density at radius 1 is 1.00 bits per heavy atom. The SMILES string of the molecule is CNC(=O)c1cccc(NC(=O)c2ccc(OCc3cn4cccc(C)c4n3)cc2)c1. The minimum Gasteiger partial charge on any atom is -0.487 e. The molecule has 0 aliphatic carbocycles. The minimum absolute atomic E-state index is 0.210. The number of amides is 2. The lowest BCUT2D eigenvalue weighted by Gasteiger charge is -2.08. The quantitative estimate of drug-likeness (QED) is 0.502. The molecule has 156 valence electrons. The molecule has 7 nitrogen and oxygen atoms in total. The minimum atomic E-state index is -0.267. The summed E-state index contributed by atoms with van der Waals surface area (Å²) in [4.78, 5) is 28.9. The molecule has 0 radical (unpaired) electrons. The van der Waals surface area contributed by atoms with Crippen LogP contribution in [0.15, 0.2) is 73.1 Å². The smallest absolute Gasteiger partial charge is 0.255 e. The van der Waals surface area contributed by atoms with Gasteiger partial charge in [-0.1, -0.05) is 12.1 Å². The molecule has 4 aromatic rings. The van der Waals surface area contributed by atoms with Gasteiger partial charge in [-0.3, -0.25) is 9.59 Å². The lowest BCUT2D eigenvalue weighted by molar-refractivity contribution is 0.0961. The van der Waals surface area contributed by atoms with E-state index in [1.807, 2.05) is 35.9 Å². The van der Waals surface area contributed by atoms with Crippen LogP contribution in [-0.2, 0) is 6.61 Å². The molecule has 0 saturated heterocycles. The molecule has 31 heavy (non-hydrogen) atoms. The number of aromatic nitrogens is 2. The van der Waals surface area contributed by atoms with Crippen LogP contribution in [0, 0.1) is 6.92 Å². The van der Waals surface area contributed by atoms with Crippen molar-refractivity contribution < 1.29 is 14.3 Å². The van der Waals surface area contributed by atoms with Gasteiger partial charge in [0.15, 0.2) is 0 Å². The predicted octanol–water partition coefficient (Wildman–Crippen LogP) is 3.83. The summed E-state index contributed by atoms with van der Waals surface area (Å²) in [5.41, 5.74) is 4.35. The molecule has 4 rings (SSSR count). The first kappa shape index (κ1) is 20.2. The predicted molar refractivity (Wildman–Crippen MR) is 118 cm³/mol. The van der Waals surface area contributed by atoms with E-state index >= 15 is 0 Å². The second-order valence-corrected chi connectivity index (χ2v) is 7.08. The molecular formula is C24H22N4O3. The molecule has 0 aliphatic rings. The van der Waals surface area contributed by atoms with E-state index in [4.69, 9.17) is 4.74 Å². The van der Waals surface area contributed by atoms with Gasteiger partial charge in [-0.2, -0.15) is 0 Å². The van der Waals surface area contributed by atoms with Crippen molar-refractivity contribution in [3.05, 3.63) is 95.4 Å². The highest BCUT2D eigenvalue weighted by Crippen LogP contribution is 2.17. The number of aryl methyl sites for hydroxylation is 1. The van der Waals surface area contributed by atoms with Crippen LogP contribution < -0.4 is 15.4 Å². The number of fused-ring (bicyclic) bond motifs is 1.